The number of thiocarbonyl (C=S) groups is 1. The van der Waals surface area contributed by atoms with Crippen LogP contribution < -0.4 is 15.2 Å². The van der Waals surface area contributed by atoms with Gasteiger partial charge in [-0.05, 0) is 31.5 Å². The van der Waals surface area contributed by atoms with E-state index in [0.717, 1.165) is 22.7 Å². The van der Waals surface area contributed by atoms with Crippen LogP contribution in [0, 0.1) is 13.8 Å². The van der Waals surface area contributed by atoms with E-state index in [1.165, 1.54) is 0 Å². The molecule has 0 aliphatic heterocycles. The molecule has 0 radical (unpaired) electrons. The molecular weight excluding hydrogens is 284 g/mol. The van der Waals surface area contributed by atoms with Gasteiger partial charge < -0.3 is 15.2 Å². The van der Waals surface area contributed by atoms with Gasteiger partial charge in [0.15, 0.2) is 0 Å². The first-order chi connectivity index (χ1) is 10.0. The van der Waals surface area contributed by atoms with Crippen molar-refractivity contribution < 1.29 is 9.47 Å². The highest BCUT2D eigenvalue weighted by Crippen LogP contribution is 2.24. The minimum Gasteiger partial charge on any atom is -0.497 e. The third-order valence-electron chi connectivity index (χ3n) is 3.07. The predicted octanol–water partition coefficient (Wildman–Crippen LogP) is 2.92. The fourth-order valence-electron chi connectivity index (χ4n) is 2.13. The molecular formula is C16H18N2O2S. The Hall–Kier alpha value is -2.14. The third kappa shape index (κ3) is 3.70. The zero-order valence-corrected chi connectivity index (χ0v) is 13.2. The Bertz CT molecular complexity index is 671. The molecule has 0 fully saturated rings. The monoisotopic (exact) mass is 302 g/mol. The normalized spacial score (nSPS) is 10.2. The number of aromatic nitrogens is 1. The molecule has 21 heavy (non-hydrogen) atoms. The van der Waals surface area contributed by atoms with E-state index in [1.807, 2.05) is 44.2 Å². The lowest BCUT2D eigenvalue weighted by atomic mass is 10.1. The highest BCUT2D eigenvalue weighted by Gasteiger charge is 2.12. The van der Waals surface area contributed by atoms with Crippen LogP contribution in [0.2, 0.25) is 0 Å². The Morgan fingerprint density at radius 3 is 2.71 bits per heavy atom. The minimum absolute atomic E-state index is 0.292. The van der Waals surface area contributed by atoms with E-state index in [-0.39, 0.29) is 0 Å². The van der Waals surface area contributed by atoms with Crippen LogP contribution in [0.5, 0.6) is 11.5 Å². The summed E-state index contributed by atoms with van der Waals surface area (Å²) < 4.78 is 11.1. The van der Waals surface area contributed by atoms with Gasteiger partial charge in [0.25, 0.3) is 0 Å². The molecule has 0 saturated heterocycles. The van der Waals surface area contributed by atoms with Crippen molar-refractivity contribution in [3.8, 4) is 11.5 Å². The summed E-state index contributed by atoms with van der Waals surface area (Å²) in [7, 11) is 1.64. The largest absolute Gasteiger partial charge is 0.497 e. The van der Waals surface area contributed by atoms with Gasteiger partial charge >= 0.3 is 0 Å². The molecule has 2 N–H and O–H groups in total. The molecule has 1 aromatic carbocycles. The van der Waals surface area contributed by atoms with Crippen molar-refractivity contribution >= 4 is 17.2 Å². The van der Waals surface area contributed by atoms with Crippen molar-refractivity contribution in [3.05, 3.63) is 52.8 Å². The first kappa shape index (κ1) is 15.3. The molecule has 0 atom stereocenters. The van der Waals surface area contributed by atoms with Gasteiger partial charge in [0.2, 0.25) is 0 Å². The van der Waals surface area contributed by atoms with Crippen molar-refractivity contribution in [2.75, 3.05) is 7.11 Å². The number of nitrogens with zero attached hydrogens (tertiary/aromatic N) is 1. The molecule has 0 amide bonds. The summed E-state index contributed by atoms with van der Waals surface area (Å²) in [6.07, 6.45) is 0. The van der Waals surface area contributed by atoms with Crippen LogP contribution in [0.3, 0.4) is 0 Å². The van der Waals surface area contributed by atoms with Crippen molar-refractivity contribution in [1.82, 2.24) is 4.98 Å². The highest BCUT2D eigenvalue weighted by molar-refractivity contribution is 7.80. The Kier molecular flexibility index (Phi) is 4.75. The average molecular weight is 302 g/mol. The van der Waals surface area contributed by atoms with E-state index in [4.69, 9.17) is 27.4 Å². The van der Waals surface area contributed by atoms with E-state index in [9.17, 15) is 0 Å². The van der Waals surface area contributed by atoms with E-state index in [2.05, 4.69) is 4.98 Å². The fraction of sp³-hybridized carbons (Fsp3) is 0.250. The Balaban J connectivity index is 2.25. The summed E-state index contributed by atoms with van der Waals surface area (Å²) in [6, 6.07) is 9.58. The zero-order chi connectivity index (χ0) is 15.4. The average Bonchev–Trinajstić information content (AvgIpc) is 2.44. The lowest BCUT2D eigenvalue weighted by Crippen LogP contribution is -2.15. The molecule has 0 spiro atoms. The van der Waals surface area contributed by atoms with Gasteiger partial charge in [-0.2, -0.15) is 0 Å². The molecule has 5 heteroatoms. The minimum atomic E-state index is 0.292. The number of hydrogen-bond donors (Lipinski definition) is 1. The SMILES string of the molecule is COc1cccc(COc2cc(C)nc(C)c2C(N)=S)c1. The number of pyridine rings is 1. The molecule has 110 valence electrons. The quantitative estimate of drug-likeness (QED) is 0.861. The van der Waals surface area contributed by atoms with Crippen LogP contribution in [0.1, 0.15) is 22.5 Å². The van der Waals surface area contributed by atoms with Gasteiger partial charge in [-0.3, -0.25) is 4.98 Å². The maximum atomic E-state index is 5.88. The second-order valence-electron chi connectivity index (χ2n) is 4.73. The van der Waals surface area contributed by atoms with Crippen LogP contribution in [-0.4, -0.2) is 17.1 Å². The lowest BCUT2D eigenvalue weighted by Gasteiger charge is -2.14. The summed E-state index contributed by atoms with van der Waals surface area (Å²) in [5.41, 5.74) is 9.12. The second-order valence-corrected chi connectivity index (χ2v) is 5.17. The molecule has 0 bridgehead atoms. The van der Waals surface area contributed by atoms with E-state index in [1.54, 1.807) is 7.11 Å². The van der Waals surface area contributed by atoms with Crippen LogP contribution in [0.4, 0.5) is 0 Å². The molecule has 1 heterocycles. The van der Waals surface area contributed by atoms with Gasteiger partial charge in [-0.1, -0.05) is 24.4 Å². The Morgan fingerprint density at radius 1 is 1.29 bits per heavy atom. The van der Waals surface area contributed by atoms with Gasteiger partial charge in [-0.25, -0.2) is 0 Å². The Morgan fingerprint density at radius 2 is 2.05 bits per heavy atom. The molecule has 2 rings (SSSR count). The number of hydrogen-bond acceptors (Lipinski definition) is 4. The number of ether oxygens (including phenoxy) is 2. The molecule has 1 aromatic heterocycles. The summed E-state index contributed by atoms with van der Waals surface area (Å²) in [4.78, 5) is 4.66. The number of aryl methyl sites for hydroxylation is 2. The van der Waals surface area contributed by atoms with Crippen molar-refractivity contribution in [2.24, 2.45) is 5.73 Å². The maximum Gasteiger partial charge on any atom is 0.133 e. The van der Waals surface area contributed by atoms with E-state index in [0.29, 0.717) is 22.9 Å². The summed E-state index contributed by atoms with van der Waals surface area (Å²) in [5.74, 6) is 1.46. The lowest BCUT2D eigenvalue weighted by molar-refractivity contribution is 0.304. The van der Waals surface area contributed by atoms with Crippen molar-refractivity contribution in [1.29, 1.82) is 0 Å². The molecule has 0 saturated carbocycles. The Labute approximate surface area is 129 Å². The first-order valence-electron chi connectivity index (χ1n) is 6.55. The van der Waals surface area contributed by atoms with Crippen LogP contribution in [0.15, 0.2) is 30.3 Å². The van der Waals surface area contributed by atoms with Crippen LogP contribution in [0.25, 0.3) is 0 Å². The summed E-state index contributed by atoms with van der Waals surface area (Å²) in [5, 5.41) is 0. The summed E-state index contributed by atoms with van der Waals surface area (Å²) in [6.45, 7) is 4.20. The number of methoxy groups -OCH3 is 1. The zero-order valence-electron chi connectivity index (χ0n) is 12.3. The van der Waals surface area contributed by atoms with Gasteiger partial charge in [-0.15, -0.1) is 0 Å². The predicted molar refractivity (Wildman–Crippen MR) is 86.9 cm³/mol. The van der Waals surface area contributed by atoms with Gasteiger partial charge in [0, 0.05) is 11.8 Å². The van der Waals surface area contributed by atoms with E-state index >= 15 is 0 Å². The molecule has 4 nitrogen and oxygen atoms in total. The maximum absolute atomic E-state index is 5.88. The third-order valence-corrected chi connectivity index (χ3v) is 3.27. The number of nitrogens with two attached hydrogens (primary N) is 1. The number of benzene rings is 1. The molecule has 0 unspecified atom stereocenters. The van der Waals surface area contributed by atoms with Gasteiger partial charge in [0.1, 0.15) is 23.1 Å². The number of rotatable bonds is 5. The van der Waals surface area contributed by atoms with Crippen molar-refractivity contribution in [3.63, 3.8) is 0 Å². The summed E-state index contributed by atoms with van der Waals surface area (Å²) >= 11 is 5.09. The standard InChI is InChI=1S/C16H18N2O2S/c1-10-7-14(15(16(17)21)11(2)18-10)20-9-12-5-4-6-13(8-12)19-3/h4-8H,9H2,1-3H3,(H2,17,21). The van der Waals surface area contributed by atoms with E-state index < -0.39 is 0 Å². The first-order valence-corrected chi connectivity index (χ1v) is 6.96. The van der Waals surface area contributed by atoms with Crippen LogP contribution >= 0.6 is 12.2 Å². The topological polar surface area (TPSA) is 57.4 Å². The molecule has 0 aliphatic carbocycles. The van der Waals surface area contributed by atoms with Crippen LogP contribution in [-0.2, 0) is 6.61 Å². The second kappa shape index (κ2) is 6.54. The smallest absolute Gasteiger partial charge is 0.133 e. The van der Waals surface area contributed by atoms with Gasteiger partial charge in [0.05, 0.1) is 18.4 Å². The molecule has 0 aliphatic rings. The molecule has 2 aromatic rings. The van der Waals surface area contributed by atoms with Crippen molar-refractivity contribution in [2.45, 2.75) is 20.5 Å². The fourth-order valence-corrected chi connectivity index (χ4v) is 2.38. The highest BCUT2D eigenvalue weighted by atomic mass is 32.1.